The van der Waals surface area contributed by atoms with Gasteiger partial charge < -0.3 is 15.1 Å². The molecule has 0 aromatic heterocycles. The van der Waals surface area contributed by atoms with Crippen LogP contribution in [0.4, 0.5) is 0 Å². The summed E-state index contributed by atoms with van der Waals surface area (Å²) in [6, 6.07) is -0.283. The molecule has 2 heterocycles. The van der Waals surface area contributed by atoms with Gasteiger partial charge in [0.25, 0.3) is 0 Å². The molecular weight excluding hydrogens is 438 g/mol. The van der Waals surface area contributed by atoms with Crippen molar-refractivity contribution < 1.29 is 18.0 Å². The Kier molecular flexibility index (Phi) is 6.22. The zero-order valence-electron chi connectivity index (χ0n) is 19.2. The summed E-state index contributed by atoms with van der Waals surface area (Å²) in [6.45, 7) is 12.3. The Hall–Kier alpha value is -2.87. The molecule has 2 amide bonds. The van der Waals surface area contributed by atoms with Crippen LogP contribution in [0.15, 0.2) is 71.8 Å². The molecule has 1 unspecified atom stereocenters. The number of hydrogen-bond donors (Lipinski definition) is 1. The predicted octanol–water partition coefficient (Wildman–Crippen LogP) is 2.59. The van der Waals surface area contributed by atoms with Gasteiger partial charge in [0.1, 0.15) is 0 Å². The molecule has 1 atom stereocenters. The van der Waals surface area contributed by atoms with Crippen molar-refractivity contribution in [3.63, 3.8) is 0 Å². The number of piperazine rings is 1. The highest BCUT2D eigenvalue weighted by Gasteiger charge is 2.41. The molecule has 0 spiro atoms. The highest BCUT2D eigenvalue weighted by molar-refractivity contribution is 7.92. The lowest BCUT2D eigenvalue weighted by Crippen LogP contribution is -2.52. The maximum atomic E-state index is 13.1. The second kappa shape index (κ2) is 8.82. The van der Waals surface area contributed by atoms with E-state index in [4.69, 9.17) is 0 Å². The summed E-state index contributed by atoms with van der Waals surface area (Å²) in [5, 5.41) is 3.37. The molecule has 0 radical (unpaired) electrons. The second-order valence-electron chi connectivity index (χ2n) is 9.26. The number of allylic oxidation sites excluding steroid dienone is 7. The van der Waals surface area contributed by atoms with E-state index >= 15 is 0 Å². The number of amides is 2. The monoisotopic (exact) mass is 469 g/mol. The van der Waals surface area contributed by atoms with Crippen LogP contribution in [0.5, 0.6) is 0 Å². The summed E-state index contributed by atoms with van der Waals surface area (Å²) in [5.41, 5.74) is 3.49. The second-order valence-corrected chi connectivity index (χ2v) is 11.4. The van der Waals surface area contributed by atoms with Gasteiger partial charge in [-0.3, -0.25) is 9.59 Å². The molecule has 0 aromatic carbocycles. The Balaban J connectivity index is 1.67. The number of nitrogens with zero attached hydrogens (tertiary/aromatic N) is 2. The average molecular weight is 470 g/mol. The van der Waals surface area contributed by atoms with Crippen molar-refractivity contribution >= 4 is 21.7 Å². The molecule has 2 aliphatic carbocycles. The van der Waals surface area contributed by atoms with Crippen molar-refractivity contribution in [2.45, 2.75) is 45.2 Å². The normalized spacial score (nSPS) is 26.3. The first kappa shape index (κ1) is 23.3. The van der Waals surface area contributed by atoms with Gasteiger partial charge in [-0.15, -0.1) is 0 Å². The van der Waals surface area contributed by atoms with E-state index in [-0.39, 0.29) is 41.3 Å². The van der Waals surface area contributed by atoms with Crippen LogP contribution in [0.3, 0.4) is 0 Å². The molecule has 4 aliphatic rings. The van der Waals surface area contributed by atoms with Crippen LogP contribution in [-0.4, -0.2) is 60.2 Å². The Bertz CT molecular complexity index is 1130. The van der Waals surface area contributed by atoms with Gasteiger partial charge in [0.05, 0.1) is 35.0 Å². The average Bonchev–Trinajstić information content (AvgIpc) is 3.55. The Morgan fingerprint density at radius 3 is 2.52 bits per heavy atom. The molecule has 33 heavy (non-hydrogen) atoms. The van der Waals surface area contributed by atoms with Gasteiger partial charge in [0.2, 0.25) is 11.8 Å². The zero-order chi connectivity index (χ0) is 23.9. The summed E-state index contributed by atoms with van der Waals surface area (Å²) in [4.78, 5) is 28.8. The highest BCUT2D eigenvalue weighted by atomic mass is 32.2. The first-order valence-corrected chi connectivity index (χ1v) is 13.1. The largest absolute Gasteiger partial charge is 0.383 e. The lowest BCUT2D eigenvalue weighted by Gasteiger charge is -2.42. The third kappa shape index (κ3) is 4.90. The van der Waals surface area contributed by atoms with Gasteiger partial charge in [-0.1, -0.05) is 37.5 Å². The van der Waals surface area contributed by atoms with Crippen LogP contribution in [0.2, 0.25) is 0 Å². The highest BCUT2D eigenvalue weighted by Crippen LogP contribution is 2.37. The maximum absolute atomic E-state index is 13.1. The van der Waals surface area contributed by atoms with Gasteiger partial charge in [0, 0.05) is 37.1 Å². The lowest BCUT2D eigenvalue weighted by molar-refractivity contribution is -0.136. The van der Waals surface area contributed by atoms with Crippen LogP contribution >= 0.6 is 0 Å². The molecule has 4 rings (SSSR count). The summed E-state index contributed by atoms with van der Waals surface area (Å²) in [6.07, 6.45) is 12.0. The zero-order valence-corrected chi connectivity index (χ0v) is 20.0. The van der Waals surface area contributed by atoms with Crippen LogP contribution in [0, 0.1) is 5.92 Å². The van der Waals surface area contributed by atoms with Gasteiger partial charge in [-0.05, 0) is 31.4 Å². The van der Waals surface area contributed by atoms with E-state index < -0.39 is 9.84 Å². The van der Waals surface area contributed by atoms with Crippen molar-refractivity contribution in [1.29, 1.82) is 0 Å². The quantitative estimate of drug-likeness (QED) is 0.669. The first-order valence-electron chi connectivity index (χ1n) is 11.3. The summed E-state index contributed by atoms with van der Waals surface area (Å²) in [7, 11) is -2.95. The van der Waals surface area contributed by atoms with E-state index in [1.54, 1.807) is 9.80 Å². The molecule has 176 valence electrons. The summed E-state index contributed by atoms with van der Waals surface area (Å²) >= 11 is 0. The predicted molar refractivity (Wildman–Crippen MR) is 128 cm³/mol. The molecule has 7 nitrogen and oxygen atoms in total. The molecule has 0 aromatic rings. The minimum Gasteiger partial charge on any atom is -0.383 e. The maximum Gasteiger partial charge on any atom is 0.230 e. The van der Waals surface area contributed by atoms with Crippen molar-refractivity contribution in [2.75, 3.05) is 18.1 Å². The van der Waals surface area contributed by atoms with Crippen LogP contribution in [0.1, 0.15) is 33.1 Å². The van der Waals surface area contributed by atoms with E-state index in [2.05, 4.69) is 18.5 Å². The third-order valence-corrected chi connectivity index (χ3v) is 8.22. The van der Waals surface area contributed by atoms with E-state index in [0.29, 0.717) is 29.9 Å². The van der Waals surface area contributed by atoms with E-state index in [1.807, 2.05) is 37.3 Å². The minimum atomic E-state index is -2.95. The fourth-order valence-electron chi connectivity index (χ4n) is 4.61. The topological polar surface area (TPSA) is 86.8 Å². The molecule has 3 fully saturated rings. The van der Waals surface area contributed by atoms with Crippen molar-refractivity contribution in [1.82, 2.24) is 15.1 Å². The molecule has 1 N–H and O–H groups in total. The lowest BCUT2D eigenvalue weighted by atomic mass is 9.99. The Labute approximate surface area is 195 Å². The molecule has 1 saturated carbocycles. The van der Waals surface area contributed by atoms with Crippen LogP contribution in [0.25, 0.3) is 0 Å². The van der Waals surface area contributed by atoms with E-state index in [9.17, 15) is 18.0 Å². The van der Waals surface area contributed by atoms with Gasteiger partial charge in [-0.25, -0.2) is 8.42 Å². The van der Waals surface area contributed by atoms with Gasteiger partial charge in [0.15, 0.2) is 9.84 Å². The molecule has 0 bridgehead atoms. The number of carbonyl (C=O) groups is 2. The molecule has 8 heteroatoms. The first-order chi connectivity index (χ1) is 15.6. The number of rotatable bonds is 5. The SMILES string of the molecule is C=C(/C=C1\C(=C)N(C(C)=O)C(C)CN1C(=O)C1CC1)C1=C(NC2CS(=O)(=O)C2)CC=CC=C1. The van der Waals surface area contributed by atoms with Gasteiger partial charge in [-0.2, -0.15) is 0 Å². The van der Waals surface area contributed by atoms with E-state index in [0.717, 1.165) is 24.1 Å². The minimum absolute atomic E-state index is 0.0320. The fraction of sp³-hybridized carbons (Fsp3) is 0.440. The fourth-order valence-corrected chi connectivity index (χ4v) is 5.91. The van der Waals surface area contributed by atoms with Crippen molar-refractivity contribution in [3.8, 4) is 0 Å². The number of carbonyl (C=O) groups excluding carboxylic acids is 2. The Morgan fingerprint density at radius 1 is 1.21 bits per heavy atom. The smallest absolute Gasteiger partial charge is 0.230 e. The van der Waals surface area contributed by atoms with Crippen molar-refractivity contribution in [3.05, 3.63) is 71.8 Å². The van der Waals surface area contributed by atoms with Crippen LogP contribution < -0.4 is 5.32 Å². The van der Waals surface area contributed by atoms with Crippen molar-refractivity contribution in [2.24, 2.45) is 5.92 Å². The summed E-state index contributed by atoms with van der Waals surface area (Å²) in [5.74, 6) is 0.224. The number of hydrogen-bond acceptors (Lipinski definition) is 5. The van der Waals surface area contributed by atoms with E-state index in [1.165, 1.54) is 6.92 Å². The summed E-state index contributed by atoms with van der Waals surface area (Å²) < 4.78 is 23.2. The van der Waals surface area contributed by atoms with Gasteiger partial charge >= 0.3 is 0 Å². The molecule has 2 saturated heterocycles. The molecular formula is C25H31N3O4S. The standard InChI is InChI=1S/C25H31N3O4S/c1-16(22-8-6-5-7-9-23(22)26-21-14-33(31,32)15-21)12-24-18(3)28(19(4)29)17(2)13-27(24)25(30)20-10-11-20/h5-8,12,17,20-21,26H,1,3,9-11,13-15H2,2,4H3/b24-12+. The Morgan fingerprint density at radius 2 is 1.91 bits per heavy atom. The molecule has 2 aliphatic heterocycles. The van der Waals surface area contributed by atoms with Crippen LogP contribution in [-0.2, 0) is 19.4 Å². The third-order valence-electron chi connectivity index (χ3n) is 6.40. The number of nitrogens with one attached hydrogen (secondary N) is 1. The number of sulfone groups is 1.